The Hall–Kier alpha value is -3.86. The van der Waals surface area contributed by atoms with Crippen LogP contribution in [0, 0.1) is 12.8 Å². The van der Waals surface area contributed by atoms with Gasteiger partial charge in [-0.2, -0.15) is 0 Å². The number of methoxy groups -OCH3 is 2. The quantitative estimate of drug-likeness (QED) is 0.299. The highest BCUT2D eigenvalue weighted by Gasteiger charge is 2.33. The first-order chi connectivity index (χ1) is 22.3. The second kappa shape index (κ2) is 13.9. The maximum Gasteiger partial charge on any atom is 0.122 e. The normalized spacial score (nSPS) is 24.0. The van der Waals surface area contributed by atoms with Gasteiger partial charge in [-0.25, -0.2) is 4.98 Å². The minimum Gasteiger partial charge on any atom is -0.497 e. The lowest BCUT2D eigenvalue weighted by molar-refractivity contribution is 0.349. The minimum atomic E-state index is -0.0251. The number of imidazole rings is 1. The molecule has 5 heteroatoms. The Bertz CT molecular complexity index is 1690. The summed E-state index contributed by atoms with van der Waals surface area (Å²) in [6.07, 6.45) is 16.7. The zero-order chi connectivity index (χ0) is 32.3. The van der Waals surface area contributed by atoms with Gasteiger partial charge >= 0.3 is 0 Å². The fourth-order valence-corrected chi connectivity index (χ4v) is 7.73. The SMILES string of the molecule is CCc1ccc(C2=CC3=C(CC2)C(C)CCC=N/C3=C2\CCCCC(C)(c3nc(-c4ccc(OC)cc4)c(C)[nH]3)CC2)cc1OC. The van der Waals surface area contributed by atoms with E-state index in [4.69, 9.17) is 19.5 Å². The number of ether oxygens (including phenoxy) is 2. The van der Waals surface area contributed by atoms with E-state index in [0.29, 0.717) is 5.92 Å². The first-order valence-corrected chi connectivity index (χ1v) is 17.4. The Morgan fingerprint density at radius 2 is 1.74 bits per heavy atom. The first-order valence-electron chi connectivity index (χ1n) is 17.4. The third-order valence-corrected chi connectivity index (χ3v) is 10.8. The van der Waals surface area contributed by atoms with Crippen molar-refractivity contribution in [3.05, 3.63) is 93.6 Å². The summed E-state index contributed by atoms with van der Waals surface area (Å²) < 4.78 is 11.2. The second-order valence-corrected chi connectivity index (χ2v) is 13.8. The van der Waals surface area contributed by atoms with Crippen LogP contribution in [0.25, 0.3) is 16.8 Å². The molecule has 5 nitrogen and oxygen atoms in total. The van der Waals surface area contributed by atoms with Gasteiger partial charge < -0.3 is 14.5 Å². The van der Waals surface area contributed by atoms with Crippen molar-refractivity contribution in [2.75, 3.05) is 14.2 Å². The molecule has 3 aliphatic rings. The summed E-state index contributed by atoms with van der Waals surface area (Å²) in [7, 11) is 3.49. The molecule has 2 aliphatic carbocycles. The Kier molecular flexibility index (Phi) is 9.67. The van der Waals surface area contributed by atoms with Crippen LogP contribution < -0.4 is 9.47 Å². The molecule has 0 saturated heterocycles. The van der Waals surface area contributed by atoms with Crippen molar-refractivity contribution in [2.45, 2.75) is 104 Å². The summed E-state index contributed by atoms with van der Waals surface area (Å²) in [5, 5.41) is 0. The molecule has 3 aromatic rings. The second-order valence-electron chi connectivity index (χ2n) is 13.8. The van der Waals surface area contributed by atoms with Crippen LogP contribution in [-0.4, -0.2) is 30.4 Å². The van der Waals surface area contributed by atoms with Gasteiger partial charge in [0.2, 0.25) is 0 Å². The van der Waals surface area contributed by atoms with Crippen LogP contribution in [0.1, 0.15) is 108 Å². The summed E-state index contributed by atoms with van der Waals surface area (Å²) in [4.78, 5) is 14.2. The number of benzene rings is 2. The van der Waals surface area contributed by atoms with Crippen LogP contribution in [0.15, 0.2) is 75.9 Å². The van der Waals surface area contributed by atoms with Gasteiger partial charge in [-0.05, 0) is 141 Å². The molecule has 0 spiro atoms. The summed E-state index contributed by atoms with van der Waals surface area (Å²) >= 11 is 0. The molecular formula is C41H51N3O2. The van der Waals surface area contributed by atoms with Crippen LogP contribution in [0.4, 0.5) is 0 Å². The number of rotatable bonds is 6. The monoisotopic (exact) mass is 617 g/mol. The van der Waals surface area contributed by atoms with E-state index in [-0.39, 0.29) is 5.41 Å². The highest BCUT2D eigenvalue weighted by Crippen LogP contribution is 2.44. The third kappa shape index (κ3) is 6.52. The molecule has 2 aromatic carbocycles. The summed E-state index contributed by atoms with van der Waals surface area (Å²) in [6, 6.07) is 15.0. The van der Waals surface area contributed by atoms with E-state index in [1.54, 1.807) is 19.8 Å². The Balaban J connectivity index is 1.35. The number of nitrogens with one attached hydrogen (secondary N) is 1. The molecule has 2 atom stereocenters. The van der Waals surface area contributed by atoms with Crippen molar-refractivity contribution in [1.82, 2.24) is 9.97 Å². The highest BCUT2D eigenvalue weighted by atomic mass is 16.5. The number of aryl methyl sites for hydroxylation is 2. The van der Waals surface area contributed by atoms with Gasteiger partial charge in [-0.1, -0.05) is 44.9 Å². The van der Waals surface area contributed by atoms with Gasteiger partial charge in [-0.15, -0.1) is 0 Å². The van der Waals surface area contributed by atoms with E-state index in [2.05, 4.69) is 75.3 Å². The average Bonchev–Trinajstić information content (AvgIpc) is 3.48. The fraction of sp³-hybridized carbons (Fsp3) is 0.463. The maximum absolute atomic E-state index is 5.78. The van der Waals surface area contributed by atoms with E-state index in [0.717, 1.165) is 85.6 Å². The van der Waals surface area contributed by atoms with Crippen LogP contribution in [0.2, 0.25) is 0 Å². The summed E-state index contributed by atoms with van der Waals surface area (Å²) in [5.41, 5.74) is 12.9. The van der Waals surface area contributed by atoms with E-state index >= 15 is 0 Å². The number of aliphatic imine (C=N–C) groups is 1. The summed E-state index contributed by atoms with van der Waals surface area (Å²) in [6.45, 7) is 9.17. The van der Waals surface area contributed by atoms with E-state index in [1.165, 1.54) is 52.8 Å². The first kappa shape index (κ1) is 32.1. The predicted molar refractivity (Wildman–Crippen MR) is 191 cm³/mol. The molecule has 2 heterocycles. The van der Waals surface area contributed by atoms with Gasteiger partial charge in [0.05, 0.1) is 25.6 Å². The predicted octanol–water partition coefficient (Wildman–Crippen LogP) is 10.5. The fourth-order valence-electron chi connectivity index (χ4n) is 7.73. The van der Waals surface area contributed by atoms with Crippen molar-refractivity contribution in [3.63, 3.8) is 0 Å². The van der Waals surface area contributed by atoms with Gasteiger partial charge in [0.15, 0.2) is 0 Å². The molecule has 1 fully saturated rings. The molecular weight excluding hydrogens is 566 g/mol. The number of hydrogen-bond acceptors (Lipinski definition) is 4. The highest BCUT2D eigenvalue weighted by molar-refractivity contribution is 5.75. The Morgan fingerprint density at radius 3 is 2.50 bits per heavy atom. The van der Waals surface area contributed by atoms with Crippen LogP contribution in [0.3, 0.4) is 0 Å². The zero-order valence-corrected chi connectivity index (χ0v) is 28.8. The van der Waals surface area contributed by atoms with Crippen molar-refractivity contribution < 1.29 is 9.47 Å². The van der Waals surface area contributed by atoms with Crippen LogP contribution in [-0.2, 0) is 11.8 Å². The Morgan fingerprint density at radius 1 is 0.935 bits per heavy atom. The lowest BCUT2D eigenvalue weighted by Gasteiger charge is -2.32. The number of H-pyrrole nitrogens is 1. The molecule has 0 bridgehead atoms. The molecule has 46 heavy (non-hydrogen) atoms. The van der Waals surface area contributed by atoms with Crippen molar-refractivity contribution in [3.8, 4) is 22.8 Å². The number of aromatic nitrogens is 2. The maximum atomic E-state index is 5.78. The molecule has 1 aliphatic heterocycles. The summed E-state index contributed by atoms with van der Waals surface area (Å²) in [5.74, 6) is 3.53. The molecule has 2 unspecified atom stereocenters. The topological polar surface area (TPSA) is 59.5 Å². The lowest BCUT2D eigenvalue weighted by atomic mass is 9.74. The van der Waals surface area contributed by atoms with Crippen LogP contribution in [0.5, 0.6) is 11.5 Å². The number of hydrogen-bond donors (Lipinski definition) is 1. The van der Waals surface area contributed by atoms with Crippen molar-refractivity contribution >= 4 is 11.8 Å². The third-order valence-electron chi connectivity index (χ3n) is 10.8. The Labute approximate surface area is 275 Å². The van der Waals surface area contributed by atoms with Gasteiger partial charge in [0.25, 0.3) is 0 Å². The van der Waals surface area contributed by atoms with Crippen molar-refractivity contribution in [2.24, 2.45) is 10.9 Å². The number of allylic oxidation sites excluding steroid dienone is 4. The lowest BCUT2D eigenvalue weighted by Crippen LogP contribution is -2.25. The molecule has 1 aromatic heterocycles. The molecule has 0 radical (unpaired) electrons. The molecule has 0 amide bonds. The molecule has 1 N–H and O–H groups in total. The number of nitrogens with zero attached hydrogens (tertiary/aromatic N) is 2. The van der Waals surface area contributed by atoms with Crippen LogP contribution >= 0.6 is 0 Å². The largest absolute Gasteiger partial charge is 0.497 e. The number of aromatic amines is 1. The van der Waals surface area contributed by atoms with E-state index < -0.39 is 0 Å². The molecule has 242 valence electrons. The van der Waals surface area contributed by atoms with Gasteiger partial charge in [-0.3, -0.25) is 4.99 Å². The standard InChI is InChI=1S/C41H51N3O2/c1-7-29-13-14-33(26-37(29)46-6)32-17-20-35-27(2)11-10-24-42-39(36(35)25-32)30-12-8-9-22-41(4,23-21-30)40-43-28(3)38(44-40)31-15-18-34(45-5)19-16-31/h13-16,18-19,24-27H,7-12,17,20-23H2,1-6H3,(H,43,44)/b39-30+,42-24?. The van der Waals surface area contributed by atoms with Crippen molar-refractivity contribution in [1.29, 1.82) is 0 Å². The molecule has 1 saturated carbocycles. The molecule has 6 rings (SSSR count). The van der Waals surface area contributed by atoms with Gasteiger partial charge in [0, 0.05) is 22.9 Å². The zero-order valence-electron chi connectivity index (χ0n) is 28.8. The van der Waals surface area contributed by atoms with E-state index in [1.807, 2.05) is 12.1 Å². The minimum absolute atomic E-state index is 0.0251. The smallest absolute Gasteiger partial charge is 0.122 e. The van der Waals surface area contributed by atoms with Gasteiger partial charge in [0.1, 0.15) is 17.3 Å². The van der Waals surface area contributed by atoms with E-state index in [9.17, 15) is 0 Å². The average molecular weight is 618 g/mol.